The van der Waals surface area contributed by atoms with Crippen LogP contribution in [-0.2, 0) is 4.79 Å². The minimum absolute atomic E-state index is 0.419. The normalized spacial score (nSPS) is 21.2. The van der Waals surface area contributed by atoms with Gasteiger partial charge in [0.25, 0.3) is 0 Å². The Morgan fingerprint density at radius 2 is 2.06 bits per heavy atom. The van der Waals surface area contributed by atoms with E-state index in [1.807, 2.05) is 7.05 Å². The standard InChI is InChI=1S/C11H24N4O/c1-3-15-6-4-9(5-7-15)14(2)8-10(12)11(13)16/h9-10H,3-8,12H2,1-2H3,(H2,13,16). The summed E-state index contributed by atoms with van der Waals surface area (Å²) < 4.78 is 0. The summed E-state index contributed by atoms with van der Waals surface area (Å²) >= 11 is 0. The molecule has 0 aromatic rings. The van der Waals surface area contributed by atoms with Gasteiger partial charge in [0, 0.05) is 12.6 Å². The number of likely N-dealkylation sites (N-methyl/N-ethyl adjacent to an activating group) is 1. The zero-order chi connectivity index (χ0) is 12.1. The van der Waals surface area contributed by atoms with Crippen molar-refractivity contribution in [1.29, 1.82) is 0 Å². The third kappa shape index (κ3) is 3.73. The molecule has 1 heterocycles. The number of nitrogens with two attached hydrogens (primary N) is 2. The third-order valence-corrected chi connectivity index (χ3v) is 3.48. The van der Waals surface area contributed by atoms with E-state index in [9.17, 15) is 4.79 Å². The Hall–Kier alpha value is -0.650. The van der Waals surface area contributed by atoms with Gasteiger partial charge in [-0.05, 0) is 39.5 Å². The molecule has 4 N–H and O–H groups in total. The topological polar surface area (TPSA) is 75.6 Å². The highest BCUT2D eigenvalue weighted by molar-refractivity contribution is 5.79. The molecule has 94 valence electrons. The van der Waals surface area contributed by atoms with Gasteiger partial charge in [0.2, 0.25) is 5.91 Å². The fourth-order valence-electron chi connectivity index (χ4n) is 2.23. The van der Waals surface area contributed by atoms with E-state index in [0.29, 0.717) is 12.6 Å². The summed E-state index contributed by atoms with van der Waals surface area (Å²) in [6, 6.07) is -0.0117. The van der Waals surface area contributed by atoms with Gasteiger partial charge in [-0.15, -0.1) is 0 Å². The fraction of sp³-hybridized carbons (Fsp3) is 0.909. The number of hydrogen-bond acceptors (Lipinski definition) is 4. The molecule has 0 aliphatic carbocycles. The lowest BCUT2D eigenvalue weighted by molar-refractivity contribution is -0.119. The van der Waals surface area contributed by atoms with E-state index in [2.05, 4.69) is 16.7 Å². The zero-order valence-corrected chi connectivity index (χ0v) is 10.4. The van der Waals surface area contributed by atoms with E-state index >= 15 is 0 Å². The molecule has 5 nitrogen and oxygen atoms in total. The van der Waals surface area contributed by atoms with Crippen molar-refractivity contribution in [2.24, 2.45) is 11.5 Å². The van der Waals surface area contributed by atoms with E-state index in [-0.39, 0.29) is 0 Å². The van der Waals surface area contributed by atoms with E-state index in [1.54, 1.807) is 0 Å². The van der Waals surface area contributed by atoms with Crippen LogP contribution in [0.15, 0.2) is 0 Å². The van der Waals surface area contributed by atoms with Gasteiger partial charge < -0.3 is 21.3 Å². The predicted molar refractivity (Wildman–Crippen MR) is 64.9 cm³/mol. The summed E-state index contributed by atoms with van der Waals surface area (Å²) in [6.45, 7) is 6.14. The van der Waals surface area contributed by atoms with Gasteiger partial charge in [-0.1, -0.05) is 6.92 Å². The van der Waals surface area contributed by atoms with Crippen LogP contribution in [-0.4, -0.2) is 61.0 Å². The highest BCUT2D eigenvalue weighted by Crippen LogP contribution is 2.14. The van der Waals surface area contributed by atoms with Crippen molar-refractivity contribution in [2.45, 2.75) is 31.8 Å². The van der Waals surface area contributed by atoms with Gasteiger partial charge >= 0.3 is 0 Å². The number of primary amides is 1. The predicted octanol–water partition coefficient (Wildman–Crippen LogP) is -0.785. The number of piperidine rings is 1. The molecule has 0 aromatic heterocycles. The SMILES string of the molecule is CCN1CCC(N(C)CC(N)C(N)=O)CC1. The van der Waals surface area contributed by atoms with Crippen molar-refractivity contribution in [2.75, 3.05) is 33.2 Å². The summed E-state index contributed by atoms with van der Waals surface area (Å²) in [5, 5.41) is 0. The molecule has 1 amide bonds. The minimum atomic E-state index is -0.547. The lowest BCUT2D eigenvalue weighted by Crippen LogP contribution is -2.50. The van der Waals surface area contributed by atoms with Crippen LogP contribution in [0.25, 0.3) is 0 Å². The molecule has 16 heavy (non-hydrogen) atoms. The molecule has 0 saturated carbocycles. The molecule has 5 heteroatoms. The smallest absolute Gasteiger partial charge is 0.235 e. The average molecular weight is 228 g/mol. The molecule has 0 aromatic carbocycles. The lowest BCUT2D eigenvalue weighted by atomic mass is 10.0. The lowest BCUT2D eigenvalue weighted by Gasteiger charge is -2.36. The number of amides is 1. The minimum Gasteiger partial charge on any atom is -0.368 e. The van der Waals surface area contributed by atoms with E-state index < -0.39 is 11.9 Å². The second kappa shape index (κ2) is 6.18. The van der Waals surface area contributed by atoms with Crippen molar-refractivity contribution in [3.05, 3.63) is 0 Å². The quantitative estimate of drug-likeness (QED) is 0.647. The van der Waals surface area contributed by atoms with Gasteiger partial charge in [0.05, 0.1) is 6.04 Å². The van der Waals surface area contributed by atoms with Crippen LogP contribution in [0.4, 0.5) is 0 Å². The second-order valence-corrected chi connectivity index (χ2v) is 4.61. The molecule has 1 unspecified atom stereocenters. The molecule has 0 spiro atoms. The molecule has 1 aliphatic heterocycles. The van der Waals surface area contributed by atoms with Crippen LogP contribution in [0.1, 0.15) is 19.8 Å². The molecule has 1 atom stereocenters. The summed E-state index contributed by atoms with van der Waals surface area (Å²) in [5.41, 5.74) is 10.8. The molecule has 0 radical (unpaired) electrons. The van der Waals surface area contributed by atoms with Crippen LogP contribution in [0.2, 0.25) is 0 Å². The van der Waals surface area contributed by atoms with Crippen molar-refractivity contribution >= 4 is 5.91 Å². The van der Waals surface area contributed by atoms with Crippen LogP contribution < -0.4 is 11.5 Å². The maximum Gasteiger partial charge on any atom is 0.235 e. The zero-order valence-electron chi connectivity index (χ0n) is 10.4. The molecular weight excluding hydrogens is 204 g/mol. The summed E-state index contributed by atoms with van der Waals surface area (Å²) in [5.74, 6) is -0.419. The number of likely N-dealkylation sites (tertiary alicyclic amines) is 1. The summed E-state index contributed by atoms with van der Waals surface area (Å²) in [6.07, 6.45) is 2.30. The Morgan fingerprint density at radius 3 is 2.50 bits per heavy atom. The number of hydrogen-bond donors (Lipinski definition) is 2. The van der Waals surface area contributed by atoms with Crippen molar-refractivity contribution in [3.8, 4) is 0 Å². The Labute approximate surface area is 97.7 Å². The van der Waals surface area contributed by atoms with Gasteiger partial charge in [-0.3, -0.25) is 4.79 Å². The largest absolute Gasteiger partial charge is 0.368 e. The van der Waals surface area contributed by atoms with Crippen molar-refractivity contribution in [1.82, 2.24) is 9.80 Å². The van der Waals surface area contributed by atoms with Gasteiger partial charge in [-0.25, -0.2) is 0 Å². The molecular formula is C11H24N4O. The summed E-state index contributed by atoms with van der Waals surface area (Å²) in [4.78, 5) is 15.5. The first kappa shape index (κ1) is 13.4. The maximum atomic E-state index is 10.9. The van der Waals surface area contributed by atoms with E-state index in [1.165, 1.54) is 0 Å². The van der Waals surface area contributed by atoms with Crippen molar-refractivity contribution in [3.63, 3.8) is 0 Å². The van der Waals surface area contributed by atoms with Gasteiger partial charge in [0.1, 0.15) is 0 Å². The Morgan fingerprint density at radius 1 is 1.50 bits per heavy atom. The van der Waals surface area contributed by atoms with E-state index in [4.69, 9.17) is 11.5 Å². The number of nitrogens with zero attached hydrogens (tertiary/aromatic N) is 2. The number of carbonyl (C=O) groups is 1. The van der Waals surface area contributed by atoms with Crippen LogP contribution in [0.3, 0.4) is 0 Å². The Kier molecular flexibility index (Phi) is 5.18. The first-order valence-electron chi connectivity index (χ1n) is 6.02. The second-order valence-electron chi connectivity index (χ2n) is 4.61. The molecule has 1 aliphatic rings. The average Bonchev–Trinajstić information content (AvgIpc) is 2.28. The van der Waals surface area contributed by atoms with Gasteiger partial charge in [-0.2, -0.15) is 0 Å². The van der Waals surface area contributed by atoms with E-state index in [0.717, 1.165) is 32.5 Å². The number of carbonyl (C=O) groups excluding carboxylic acids is 1. The monoisotopic (exact) mass is 228 g/mol. The molecule has 1 fully saturated rings. The Bertz CT molecular complexity index is 226. The molecule has 0 bridgehead atoms. The fourth-order valence-corrected chi connectivity index (χ4v) is 2.23. The highest BCUT2D eigenvalue weighted by atomic mass is 16.1. The van der Waals surface area contributed by atoms with Crippen LogP contribution in [0.5, 0.6) is 0 Å². The summed E-state index contributed by atoms with van der Waals surface area (Å²) in [7, 11) is 2.02. The first-order valence-corrected chi connectivity index (χ1v) is 6.02. The Balaban J connectivity index is 2.33. The third-order valence-electron chi connectivity index (χ3n) is 3.48. The molecule has 1 saturated heterocycles. The first-order chi connectivity index (χ1) is 7.54. The van der Waals surface area contributed by atoms with Crippen LogP contribution in [0, 0.1) is 0 Å². The number of rotatable bonds is 5. The molecule has 1 rings (SSSR count). The maximum absolute atomic E-state index is 10.9. The highest BCUT2D eigenvalue weighted by Gasteiger charge is 2.23. The van der Waals surface area contributed by atoms with Crippen molar-refractivity contribution < 1.29 is 4.79 Å². The van der Waals surface area contributed by atoms with Gasteiger partial charge in [0.15, 0.2) is 0 Å². The van der Waals surface area contributed by atoms with Crippen LogP contribution >= 0.6 is 0 Å².